The van der Waals surface area contributed by atoms with Gasteiger partial charge in [-0.15, -0.1) is 0 Å². The van der Waals surface area contributed by atoms with Gasteiger partial charge in [0.2, 0.25) is 0 Å². The third kappa shape index (κ3) is 2.34. The summed E-state index contributed by atoms with van der Waals surface area (Å²) < 4.78 is 5.22. The van der Waals surface area contributed by atoms with Gasteiger partial charge >= 0.3 is 0 Å². The van der Waals surface area contributed by atoms with Gasteiger partial charge in [0.1, 0.15) is 5.75 Å². The summed E-state index contributed by atoms with van der Waals surface area (Å²) in [7, 11) is 1.65. The molecule has 2 aliphatic carbocycles. The average Bonchev–Trinajstić information content (AvgIpc) is 3.00. The molecule has 19 heavy (non-hydrogen) atoms. The number of ether oxygens (including phenoxy) is 1. The Kier molecular flexibility index (Phi) is 3.21. The number of fused-ring (bicyclic) bond motifs is 2. The number of methoxy groups -OCH3 is 1. The predicted molar refractivity (Wildman–Crippen MR) is 74.4 cm³/mol. The maximum Gasteiger partial charge on any atom is 0.251 e. The Morgan fingerprint density at radius 1 is 1.32 bits per heavy atom. The predicted octanol–water partition coefficient (Wildman–Crippen LogP) is 2.92. The van der Waals surface area contributed by atoms with Crippen molar-refractivity contribution < 1.29 is 9.53 Å². The van der Waals surface area contributed by atoms with E-state index in [9.17, 15) is 4.79 Å². The van der Waals surface area contributed by atoms with Crippen molar-refractivity contribution in [2.24, 2.45) is 11.8 Å². The Labute approximate surface area is 114 Å². The van der Waals surface area contributed by atoms with Crippen LogP contribution in [0.3, 0.4) is 0 Å². The molecule has 0 unspecified atom stereocenters. The van der Waals surface area contributed by atoms with E-state index >= 15 is 0 Å². The molecule has 0 spiro atoms. The smallest absolute Gasteiger partial charge is 0.251 e. The fourth-order valence-corrected chi connectivity index (χ4v) is 3.69. The number of benzene rings is 1. The average molecular weight is 259 g/mol. The van der Waals surface area contributed by atoms with Gasteiger partial charge in [-0.3, -0.25) is 4.79 Å². The zero-order chi connectivity index (χ0) is 13.4. The number of hydrogen-bond donors (Lipinski definition) is 1. The second-order valence-corrected chi connectivity index (χ2v) is 5.94. The van der Waals surface area contributed by atoms with Gasteiger partial charge in [-0.2, -0.15) is 0 Å². The first-order chi connectivity index (χ1) is 9.17. The molecular formula is C16H21NO2. The quantitative estimate of drug-likeness (QED) is 0.906. The largest absolute Gasteiger partial charge is 0.496 e. The topological polar surface area (TPSA) is 38.3 Å². The summed E-state index contributed by atoms with van der Waals surface area (Å²) in [5.41, 5.74) is 1.74. The summed E-state index contributed by atoms with van der Waals surface area (Å²) in [6, 6.07) is 6.01. The lowest BCUT2D eigenvalue weighted by atomic mass is 9.95. The normalized spacial score (nSPS) is 28.4. The molecule has 3 atom stereocenters. The van der Waals surface area contributed by atoms with Crippen molar-refractivity contribution in [3.63, 3.8) is 0 Å². The van der Waals surface area contributed by atoms with Crippen molar-refractivity contribution in [2.45, 2.75) is 38.6 Å². The molecule has 0 radical (unpaired) electrons. The van der Waals surface area contributed by atoms with Crippen LogP contribution in [0.5, 0.6) is 5.75 Å². The van der Waals surface area contributed by atoms with E-state index in [2.05, 4.69) is 5.32 Å². The van der Waals surface area contributed by atoms with Crippen LogP contribution in [0.25, 0.3) is 0 Å². The minimum Gasteiger partial charge on any atom is -0.496 e. The molecule has 2 bridgehead atoms. The Bertz CT molecular complexity index is 498. The van der Waals surface area contributed by atoms with Crippen LogP contribution in [-0.4, -0.2) is 19.1 Å². The first-order valence-corrected chi connectivity index (χ1v) is 7.13. The van der Waals surface area contributed by atoms with E-state index in [1.165, 1.54) is 25.7 Å². The standard InChI is InChI=1S/C16H21NO2/c1-10-7-13(5-6-15(10)19-2)16(18)17-14-9-11-3-4-12(14)8-11/h5-7,11-12,14H,3-4,8-9H2,1-2H3,(H,17,18)/t11-,12-,14-/m1/s1. The maximum atomic E-state index is 12.3. The highest BCUT2D eigenvalue weighted by molar-refractivity contribution is 5.94. The Morgan fingerprint density at radius 3 is 2.74 bits per heavy atom. The van der Waals surface area contributed by atoms with Crippen molar-refractivity contribution in [3.8, 4) is 5.75 Å². The number of amides is 1. The molecule has 2 aliphatic rings. The highest BCUT2D eigenvalue weighted by atomic mass is 16.5. The number of aryl methyl sites for hydroxylation is 1. The minimum atomic E-state index is 0.0586. The highest BCUT2D eigenvalue weighted by Gasteiger charge is 2.40. The van der Waals surface area contributed by atoms with E-state index in [0.717, 1.165) is 22.8 Å². The van der Waals surface area contributed by atoms with Gasteiger partial charge < -0.3 is 10.1 Å². The van der Waals surface area contributed by atoms with Crippen LogP contribution in [0.1, 0.15) is 41.6 Å². The molecule has 1 aromatic carbocycles. The third-order valence-electron chi connectivity index (χ3n) is 4.71. The lowest BCUT2D eigenvalue weighted by Gasteiger charge is -2.23. The molecule has 0 aromatic heterocycles. The molecule has 3 nitrogen and oxygen atoms in total. The molecule has 0 heterocycles. The fraction of sp³-hybridized carbons (Fsp3) is 0.562. The van der Waals surface area contributed by atoms with Crippen molar-refractivity contribution in [1.29, 1.82) is 0 Å². The van der Waals surface area contributed by atoms with Crippen LogP contribution >= 0.6 is 0 Å². The first-order valence-electron chi connectivity index (χ1n) is 7.13. The van der Waals surface area contributed by atoms with Gasteiger partial charge in [0, 0.05) is 11.6 Å². The highest BCUT2D eigenvalue weighted by Crippen LogP contribution is 2.44. The van der Waals surface area contributed by atoms with Crippen LogP contribution in [0.15, 0.2) is 18.2 Å². The zero-order valence-corrected chi connectivity index (χ0v) is 11.6. The number of carbonyl (C=O) groups excluding carboxylic acids is 1. The minimum absolute atomic E-state index is 0.0586. The summed E-state index contributed by atoms with van der Waals surface area (Å²) >= 11 is 0. The second-order valence-electron chi connectivity index (χ2n) is 5.94. The summed E-state index contributed by atoms with van der Waals surface area (Å²) in [6.07, 6.45) is 5.13. The maximum absolute atomic E-state index is 12.3. The van der Waals surface area contributed by atoms with Gasteiger partial charge in [-0.1, -0.05) is 6.42 Å². The molecule has 2 saturated carbocycles. The molecule has 2 fully saturated rings. The van der Waals surface area contributed by atoms with Crippen molar-refractivity contribution >= 4 is 5.91 Å². The Balaban J connectivity index is 1.69. The monoisotopic (exact) mass is 259 g/mol. The summed E-state index contributed by atoms with van der Waals surface area (Å²) in [5, 5.41) is 3.21. The van der Waals surface area contributed by atoms with E-state index in [0.29, 0.717) is 12.0 Å². The SMILES string of the molecule is COc1ccc(C(=O)N[C@@H]2C[C@@H]3CC[C@@H]2C3)cc1C. The number of carbonyl (C=O) groups is 1. The molecule has 3 rings (SSSR count). The number of rotatable bonds is 3. The van der Waals surface area contributed by atoms with Crippen molar-refractivity contribution in [3.05, 3.63) is 29.3 Å². The summed E-state index contributed by atoms with van der Waals surface area (Å²) in [6.45, 7) is 1.97. The fourth-order valence-electron chi connectivity index (χ4n) is 3.69. The molecule has 3 heteroatoms. The van der Waals surface area contributed by atoms with E-state index in [4.69, 9.17) is 4.74 Å². The summed E-state index contributed by atoms with van der Waals surface area (Å²) in [5.74, 6) is 2.46. The number of hydrogen-bond acceptors (Lipinski definition) is 2. The van der Waals surface area contributed by atoms with Crippen LogP contribution in [0, 0.1) is 18.8 Å². The third-order valence-corrected chi connectivity index (χ3v) is 4.71. The van der Waals surface area contributed by atoms with Crippen molar-refractivity contribution in [1.82, 2.24) is 5.32 Å². The second kappa shape index (κ2) is 4.87. The van der Waals surface area contributed by atoms with Gasteiger partial charge in [-0.25, -0.2) is 0 Å². The van der Waals surface area contributed by atoms with Crippen LogP contribution in [0.2, 0.25) is 0 Å². The Hall–Kier alpha value is -1.51. The van der Waals surface area contributed by atoms with Crippen LogP contribution < -0.4 is 10.1 Å². The van der Waals surface area contributed by atoms with Gasteiger partial charge in [-0.05, 0) is 61.8 Å². The molecular weight excluding hydrogens is 238 g/mol. The molecule has 1 amide bonds. The van der Waals surface area contributed by atoms with E-state index in [-0.39, 0.29) is 5.91 Å². The van der Waals surface area contributed by atoms with Gasteiger partial charge in [0.05, 0.1) is 7.11 Å². The lowest BCUT2D eigenvalue weighted by Crippen LogP contribution is -2.38. The number of nitrogens with one attached hydrogen (secondary N) is 1. The first kappa shape index (κ1) is 12.5. The molecule has 1 aromatic rings. The van der Waals surface area contributed by atoms with Gasteiger partial charge in [0.25, 0.3) is 5.91 Å². The van der Waals surface area contributed by atoms with Crippen LogP contribution in [0.4, 0.5) is 0 Å². The van der Waals surface area contributed by atoms with E-state index in [1.54, 1.807) is 7.11 Å². The lowest BCUT2D eigenvalue weighted by molar-refractivity contribution is 0.0923. The van der Waals surface area contributed by atoms with Crippen LogP contribution in [-0.2, 0) is 0 Å². The van der Waals surface area contributed by atoms with E-state index in [1.807, 2.05) is 25.1 Å². The Morgan fingerprint density at radius 2 is 2.16 bits per heavy atom. The van der Waals surface area contributed by atoms with Gasteiger partial charge in [0.15, 0.2) is 0 Å². The van der Waals surface area contributed by atoms with Crippen molar-refractivity contribution in [2.75, 3.05) is 7.11 Å². The molecule has 1 N–H and O–H groups in total. The van der Waals surface area contributed by atoms with E-state index < -0.39 is 0 Å². The molecule has 102 valence electrons. The summed E-state index contributed by atoms with van der Waals surface area (Å²) in [4.78, 5) is 12.3. The zero-order valence-electron chi connectivity index (χ0n) is 11.6. The molecule has 0 aliphatic heterocycles. The molecule has 0 saturated heterocycles.